The number of hydrazine groups is 1. The molecule has 2 rings (SSSR count). The number of benzene rings is 1. The maximum absolute atomic E-state index is 10.9. The second-order valence-electron chi connectivity index (χ2n) is 4.00. The molecule has 0 radical (unpaired) electrons. The quantitative estimate of drug-likeness (QED) is 0.801. The van der Waals surface area contributed by atoms with Crippen LogP contribution in [-0.4, -0.2) is 17.2 Å². The number of nitrogens with two attached hydrogens (primary N) is 1. The van der Waals surface area contributed by atoms with Crippen molar-refractivity contribution in [2.45, 2.75) is 19.2 Å². The number of hydrazone groups is 1. The van der Waals surface area contributed by atoms with Gasteiger partial charge in [0.1, 0.15) is 0 Å². The molecule has 0 fully saturated rings. The molecule has 0 spiro atoms. The van der Waals surface area contributed by atoms with Crippen LogP contribution in [0.25, 0.3) is 0 Å². The maximum Gasteiger partial charge on any atom is 0.262 e. The van der Waals surface area contributed by atoms with Crippen molar-refractivity contribution in [3.8, 4) is 0 Å². The van der Waals surface area contributed by atoms with Gasteiger partial charge < -0.3 is 10.6 Å². The number of primary amides is 1. The molecule has 1 aromatic rings. The first kappa shape index (κ1) is 12.7. The molecule has 1 heterocycles. The second-order valence-corrected chi connectivity index (χ2v) is 4.43. The van der Waals surface area contributed by atoms with Gasteiger partial charge in [-0.3, -0.25) is 4.79 Å². The molecule has 1 aliphatic heterocycles. The van der Waals surface area contributed by atoms with E-state index in [0.717, 1.165) is 16.8 Å². The molecule has 1 amide bonds. The zero-order valence-electron chi connectivity index (χ0n) is 9.98. The predicted octanol–water partition coefficient (Wildman–Crippen LogP) is 0.966. The molecule has 1 atom stereocenters. The smallest absolute Gasteiger partial charge is 0.262 e. The molecule has 7 heteroatoms. The number of halogens is 1. The fraction of sp³-hybridized carbons (Fsp3) is 0.273. The zero-order chi connectivity index (χ0) is 13.3. The summed E-state index contributed by atoms with van der Waals surface area (Å²) in [6, 6.07) is 5.85. The Morgan fingerprint density at radius 1 is 1.56 bits per heavy atom. The van der Waals surface area contributed by atoms with Gasteiger partial charge in [-0.1, -0.05) is 17.7 Å². The minimum absolute atomic E-state index is 0.0316. The third-order valence-corrected chi connectivity index (χ3v) is 2.88. The van der Waals surface area contributed by atoms with E-state index in [4.69, 9.17) is 22.2 Å². The summed E-state index contributed by atoms with van der Waals surface area (Å²) in [5, 5.41) is 4.37. The number of amides is 1. The van der Waals surface area contributed by atoms with Gasteiger partial charge in [-0.15, -0.1) is 16.7 Å². The number of hydrogen-bond acceptors (Lipinski definition) is 5. The average Bonchev–Trinajstić information content (AvgIpc) is 2.77. The van der Waals surface area contributed by atoms with E-state index in [0.29, 0.717) is 0 Å². The minimum atomic E-state index is -1.09. The number of hydrogen-bond donors (Lipinski definition) is 2. The Labute approximate surface area is 109 Å². The first-order valence-electron chi connectivity index (χ1n) is 5.31. The highest BCUT2D eigenvalue weighted by Crippen LogP contribution is 2.22. The van der Waals surface area contributed by atoms with Gasteiger partial charge in [0.15, 0.2) is 5.38 Å². The highest BCUT2D eigenvalue weighted by molar-refractivity contribution is 6.41. The van der Waals surface area contributed by atoms with Crippen LogP contribution in [0.2, 0.25) is 0 Å². The molecule has 1 aromatic carbocycles. The van der Waals surface area contributed by atoms with E-state index in [-0.39, 0.29) is 5.90 Å². The maximum atomic E-state index is 10.9. The van der Waals surface area contributed by atoms with E-state index in [1.165, 1.54) is 5.12 Å². The van der Waals surface area contributed by atoms with Gasteiger partial charge >= 0.3 is 0 Å². The first-order chi connectivity index (χ1) is 8.49. The summed E-state index contributed by atoms with van der Waals surface area (Å²) in [5.74, 6) is -0.677. The average molecular weight is 269 g/mol. The molecular formula is C11H13ClN4O2. The van der Waals surface area contributed by atoms with Crippen molar-refractivity contribution in [3.63, 3.8) is 0 Å². The molecule has 18 heavy (non-hydrogen) atoms. The predicted molar refractivity (Wildman–Crippen MR) is 68.9 cm³/mol. The van der Waals surface area contributed by atoms with E-state index in [2.05, 4.69) is 10.7 Å². The molecule has 3 N–H and O–H groups in total. The van der Waals surface area contributed by atoms with Gasteiger partial charge in [0, 0.05) is 0 Å². The molecule has 0 saturated carbocycles. The molecule has 1 aliphatic rings. The molecule has 0 saturated heterocycles. The number of nitrogens with one attached hydrogen (secondary N) is 1. The van der Waals surface area contributed by atoms with Crippen LogP contribution >= 0.6 is 11.6 Å². The lowest BCUT2D eigenvalue weighted by Gasteiger charge is -2.14. The molecule has 6 nitrogen and oxygen atoms in total. The zero-order valence-corrected chi connectivity index (χ0v) is 10.7. The second kappa shape index (κ2) is 4.83. The molecule has 0 aliphatic carbocycles. The van der Waals surface area contributed by atoms with Gasteiger partial charge in [0.05, 0.1) is 5.69 Å². The van der Waals surface area contributed by atoms with Gasteiger partial charge in [-0.25, -0.2) is 0 Å². The summed E-state index contributed by atoms with van der Waals surface area (Å²) in [7, 11) is 0. The third-order valence-electron chi connectivity index (χ3n) is 2.48. The van der Waals surface area contributed by atoms with E-state index in [1.807, 2.05) is 32.0 Å². The Morgan fingerprint density at radius 2 is 2.28 bits per heavy atom. The Balaban J connectivity index is 2.24. The van der Waals surface area contributed by atoms with Crippen molar-refractivity contribution in [1.29, 1.82) is 0 Å². The number of alkyl halides is 1. The Hall–Kier alpha value is -1.79. The number of anilines is 1. The Morgan fingerprint density at radius 3 is 2.89 bits per heavy atom. The van der Waals surface area contributed by atoms with E-state index < -0.39 is 11.3 Å². The third kappa shape index (κ3) is 2.39. The number of carbonyl (C=O) groups excluding carboxylic acids is 1. The lowest BCUT2D eigenvalue weighted by Crippen LogP contribution is -2.33. The van der Waals surface area contributed by atoms with Crippen LogP contribution in [-0.2, 0) is 9.63 Å². The highest BCUT2D eigenvalue weighted by Gasteiger charge is 2.28. The standard InChI is InChI=1S/C11H13ClN4O2/c1-6-3-4-8(7(2)5-6)16-14-11(18-15-16)9(12)10(13)17/h3-5,9,15H,1-2H3,(H2,13,17). The van der Waals surface area contributed by atoms with Crippen LogP contribution in [0.4, 0.5) is 5.69 Å². The fourth-order valence-electron chi connectivity index (χ4n) is 1.60. The van der Waals surface area contributed by atoms with Crippen LogP contribution in [0.15, 0.2) is 23.3 Å². The number of nitrogens with zero attached hydrogens (tertiary/aromatic N) is 2. The monoisotopic (exact) mass is 268 g/mol. The minimum Gasteiger partial charge on any atom is -0.368 e. The molecular weight excluding hydrogens is 256 g/mol. The van der Waals surface area contributed by atoms with Crippen molar-refractivity contribution in [2.75, 3.05) is 5.12 Å². The number of carbonyl (C=O) groups is 1. The van der Waals surface area contributed by atoms with Crippen molar-refractivity contribution < 1.29 is 9.63 Å². The largest absolute Gasteiger partial charge is 0.368 e. The van der Waals surface area contributed by atoms with Gasteiger partial charge in [0.25, 0.3) is 5.90 Å². The first-order valence-corrected chi connectivity index (χ1v) is 5.74. The van der Waals surface area contributed by atoms with Crippen molar-refractivity contribution >= 4 is 29.1 Å². The molecule has 1 unspecified atom stereocenters. The molecule has 0 aromatic heterocycles. The van der Waals surface area contributed by atoms with Crippen LogP contribution in [0.5, 0.6) is 0 Å². The Bertz CT molecular complexity index is 518. The molecule has 0 bridgehead atoms. The summed E-state index contributed by atoms with van der Waals surface area (Å²) in [6.07, 6.45) is 0. The normalized spacial score (nSPS) is 16.2. The lowest BCUT2D eigenvalue weighted by molar-refractivity contribution is -0.116. The summed E-state index contributed by atoms with van der Waals surface area (Å²) in [5.41, 5.74) is 10.6. The fourth-order valence-corrected chi connectivity index (χ4v) is 1.69. The van der Waals surface area contributed by atoms with Crippen molar-refractivity contribution in [3.05, 3.63) is 29.3 Å². The van der Waals surface area contributed by atoms with Crippen LogP contribution in [0.3, 0.4) is 0 Å². The van der Waals surface area contributed by atoms with Crippen molar-refractivity contribution in [1.82, 2.24) is 5.59 Å². The summed E-state index contributed by atoms with van der Waals surface area (Å²) in [6.45, 7) is 3.95. The topological polar surface area (TPSA) is 80.0 Å². The highest BCUT2D eigenvalue weighted by atomic mass is 35.5. The molecule has 96 valence electrons. The van der Waals surface area contributed by atoms with E-state index >= 15 is 0 Å². The van der Waals surface area contributed by atoms with Crippen molar-refractivity contribution in [2.24, 2.45) is 10.8 Å². The SMILES string of the molecule is Cc1ccc(N2N=C(C(Cl)C(N)=O)ON2)c(C)c1. The van der Waals surface area contributed by atoms with E-state index in [9.17, 15) is 4.79 Å². The summed E-state index contributed by atoms with van der Waals surface area (Å²) < 4.78 is 0. The van der Waals surface area contributed by atoms with Crippen LogP contribution in [0.1, 0.15) is 11.1 Å². The van der Waals surface area contributed by atoms with Gasteiger partial charge in [-0.2, -0.15) is 5.12 Å². The van der Waals surface area contributed by atoms with E-state index in [1.54, 1.807) is 0 Å². The van der Waals surface area contributed by atoms with Gasteiger partial charge in [-0.05, 0) is 31.1 Å². The number of aryl methyl sites for hydroxylation is 2. The summed E-state index contributed by atoms with van der Waals surface area (Å²) >= 11 is 5.74. The van der Waals surface area contributed by atoms with Gasteiger partial charge in [0.2, 0.25) is 5.91 Å². The Kier molecular flexibility index (Phi) is 3.40. The summed E-state index contributed by atoms with van der Waals surface area (Å²) in [4.78, 5) is 15.9. The lowest BCUT2D eigenvalue weighted by atomic mass is 10.1. The van der Waals surface area contributed by atoms with Crippen LogP contribution < -0.4 is 16.4 Å². The van der Waals surface area contributed by atoms with Crippen LogP contribution in [0, 0.1) is 13.8 Å². The number of rotatable bonds is 3.